The summed E-state index contributed by atoms with van der Waals surface area (Å²) >= 11 is 0. The molecule has 0 N–H and O–H groups in total. The number of halogens is 7. The lowest BCUT2D eigenvalue weighted by molar-refractivity contribution is 0.376. The smallest absolute Gasteiger partial charge is 0.200 e. The lowest BCUT2D eigenvalue weighted by Gasteiger charge is -2.08. The fourth-order valence-electron chi connectivity index (χ4n) is 5.11. The van der Waals surface area contributed by atoms with E-state index in [-0.39, 0.29) is 61.4 Å². The molecule has 5 aromatic rings. The van der Waals surface area contributed by atoms with E-state index in [0.29, 0.717) is 11.6 Å². The maximum absolute atomic E-state index is 14.7. The summed E-state index contributed by atoms with van der Waals surface area (Å²) < 4.78 is 99.3. The van der Waals surface area contributed by atoms with Crippen molar-refractivity contribution < 1.29 is 30.7 Å². The standard InChI is InChI=1S/C34H9F7N10/c35-14-8-19(36)29-21(9-14)46-33(48-29)18(12-44)34-50-30(13-4-2-1-3-5-13)49-31(51-34)15-6-7-20-28(16(15)10-42)47-32(45-20)17(11-43)22-23(37)25(39)27(41)26(40)24(22)38/h1-9H/b32-17+,33-18-. The Labute approximate surface area is 278 Å². The summed E-state index contributed by atoms with van der Waals surface area (Å²) in [6.45, 7) is 0. The normalized spacial score (nSPS) is 14.4. The van der Waals surface area contributed by atoms with Crippen molar-refractivity contribution in [3.8, 4) is 41.0 Å². The van der Waals surface area contributed by atoms with E-state index in [4.69, 9.17) is 0 Å². The molecule has 244 valence electrons. The van der Waals surface area contributed by atoms with E-state index >= 15 is 0 Å². The van der Waals surface area contributed by atoms with E-state index in [1.165, 1.54) is 18.2 Å². The molecule has 0 radical (unpaired) electrons. The molecule has 4 aromatic carbocycles. The van der Waals surface area contributed by atoms with Crippen LogP contribution in [0.1, 0.15) is 17.0 Å². The summed E-state index contributed by atoms with van der Waals surface area (Å²) in [4.78, 5) is 29.3. The zero-order valence-corrected chi connectivity index (χ0v) is 24.8. The maximum Gasteiger partial charge on any atom is 0.200 e. The summed E-state index contributed by atoms with van der Waals surface area (Å²) in [7, 11) is 0. The topological polar surface area (TPSA) is 159 Å². The van der Waals surface area contributed by atoms with Crippen LogP contribution in [-0.2, 0) is 0 Å². The highest BCUT2D eigenvalue weighted by Gasteiger charge is 2.30. The number of nitriles is 3. The van der Waals surface area contributed by atoms with Gasteiger partial charge in [-0.2, -0.15) is 15.8 Å². The number of hydrogen-bond donors (Lipinski definition) is 0. The number of nitrogens with zero attached hydrogens (tertiary/aromatic N) is 10. The van der Waals surface area contributed by atoms with Crippen LogP contribution in [0.15, 0.2) is 86.2 Å². The predicted molar refractivity (Wildman–Crippen MR) is 158 cm³/mol. The van der Waals surface area contributed by atoms with Crippen molar-refractivity contribution in [2.45, 2.75) is 0 Å². The van der Waals surface area contributed by atoms with Crippen LogP contribution in [0.2, 0.25) is 0 Å². The van der Waals surface area contributed by atoms with Crippen LogP contribution in [0, 0.1) is 74.7 Å². The quantitative estimate of drug-likeness (QED) is 0.118. The minimum absolute atomic E-state index is 0.0126. The molecule has 10 nitrogen and oxygen atoms in total. The molecule has 0 aliphatic carbocycles. The Bertz CT molecular complexity index is 2840. The second-order valence-electron chi connectivity index (χ2n) is 10.4. The third-order valence-electron chi connectivity index (χ3n) is 7.43. The predicted octanol–water partition coefficient (Wildman–Crippen LogP) is 4.34. The van der Waals surface area contributed by atoms with Crippen molar-refractivity contribution in [2.75, 3.05) is 0 Å². The SMILES string of the molecule is N#C/C(=C1/N=c2ccc(-c3nc(/C(C#N)=C4/N=c5cc(F)cc(F)c5=N4)nc(-c4ccccc4)n3)c(C#N)c2=N1)c1c(F)c(F)c(F)c(F)c1F. The van der Waals surface area contributed by atoms with Crippen LogP contribution in [0.3, 0.4) is 0 Å². The molecule has 51 heavy (non-hydrogen) atoms. The molecule has 0 saturated heterocycles. The molecule has 0 bridgehead atoms. The number of hydrogen-bond acceptors (Lipinski definition) is 10. The molecule has 0 saturated carbocycles. The Morgan fingerprint density at radius 1 is 0.569 bits per heavy atom. The minimum atomic E-state index is -2.43. The molecule has 2 aliphatic heterocycles. The lowest BCUT2D eigenvalue weighted by Crippen LogP contribution is -2.25. The monoisotopic (exact) mass is 690 g/mol. The van der Waals surface area contributed by atoms with Crippen molar-refractivity contribution in [2.24, 2.45) is 20.0 Å². The Kier molecular flexibility index (Phi) is 7.69. The highest BCUT2D eigenvalue weighted by Crippen LogP contribution is 2.31. The average Bonchev–Trinajstić information content (AvgIpc) is 3.76. The van der Waals surface area contributed by atoms with Crippen molar-refractivity contribution in [3.63, 3.8) is 0 Å². The van der Waals surface area contributed by atoms with Crippen molar-refractivity contribution in [1.29, 1.82) is 15.8 Å². The molecule has 0 atom stereocenters. The van der Waals surface area contributed by atoms with Crippen LogP contribution in [0.25, 0.3) is 33.9 Å². The van der Waals surface area contributed by atoms with Gasteiger partial charge < -0.3 is 0 Å². The number of fused-ring (bicyclic) bond motifs is 2. The Morgan fingerprint density at radius 2 is 1.18 bits per heavy atom. The van der Waals surface area contributed by atoms with Crippen molar-refractivity contribution >= 4 is 11.1 Å². The van der Waals surface area contributed by atoms with E-state index in [9.17, 15) is 46.5 Å². The Morgan fingerprint density at radius 3 is 1.84 bits per heavy atom. The summed E-state index contributed by atoms with van der Waals surface area (Å²) in [6, 6.07) is 17.5. The van der Waals surface area contributed by atoms with Gasteiger partial charge in [0.25, 0.3) is 0 Å². The summed E-state index contributed by atoms with van der Waals surface area (Å²) in [5.74, 6) is -15.2. The first kappa shape index (κ1) is 32.1. The van der Waals surface area contributed by atoms with E-state index in [2.05, 4.69) is 34.9 Å². The molecular formula is C34H9F7N10. The first-order valence-electron chi connectivity index (χ1n) is 14.1. The average molecular weight is 691 g/mol. The molecule has 1 aromatic heterocycles. The van der Waals surface area contributed by atoms with Gasteiger partial charge in [0.1, 0.15) is 45.9 Å². The van der Waals surface area contributed by atoms with E-state index in [0.717, 1.165) is 6.07 Å². The Balaban J connectivity index is 1.46. The summed E-state index contributed by atoms with van der Waals surface area (Å²) in [6.07, 6.45) is 0. The maximum atomic E-state index is 14.7. The molecule has 2 aliphatic rings. The third kappa shape index (κ3) is 5.24. The fraction of sp³-hybridized carbons (Fsp3) is 0. The molecule has 0 spiro atoms. The van der Waals surface area contributed by atoms with Gasteiger partial charge in [-0.1, -0.05) is 30.3 Å². The number of aromatic nitrogens is 3. The van der Waals surface area contributed by atoms with Gasteiger partial charge in [-0.25, -0.2) is 65.7 Å². The van der Waals surface area contributed by atoms with Crippen LogP contribution in [0.5, 0.6) is 0 Å². The molecule has 17 heteroatoms. The zero-order chi connectivity index (χ0) is 36.1. The summed E-state index contributed by atoms with van der Waals surface area (Å²) in [5, 5.41) is 29.2. The second kappa shape index (κ2) is 12.2. The van der Waals surface area contributed by atoms with E-state index in [1.807, 2.05) is 12.1 Å². The number of benzene rings is 4. The van der Waals surface area contributed by atoms with E-state index < -0.39 is 57.7 Å². The van der Waals surface area contributed by atoms with Gasteiger partial charge in [0.15, 0.2) is 58.2 Å². The molecule has 7 rings (SSSR count). The van der Waals surface area contributed by atoms with Crippen molar-refractivity contribution in [1.82, 2.24) is 15.0 Å². The first-order chi connectivity index (χ1) is 24.5. The first-order valence-corrected chi connectivity index (χ1v) is 14.1. The van der Waals surface area contributed by atoms with Gasteiger partial charge in [0.05, 0.1) is 21.8 Å². The van der Waals surface area contributed by atoms with Crippen LogP contribution < -0.4 is 21.4 Å². The van der Waals surface area contributed by atoms with Gasteiger partial charge in [-0.15, -0.1) is 0 Å². The van der Waals surface area contributed by atoms with Gasteiger partial charge >= 0.3 is 0 Å². The number of rotatable bonds is 4. The van der Waals surface area contributed by atoms with E-state index in [1.54, 1.807) is 30.3 Å². The largest absolute Gasteiger partial charge is 0.226 e. The zero-order valence-electron chi connectivity index (χ0n) is 24.8. The van der Waals surface area contributed by atoms with Gasteiger partial charge in [-0.05, 0) is 12.1 Å². The minimum Gasteiger partial charge on any atom is -0.226 e. The number of allylic oxidation sites excluding steroid dienone is 2. The Hall–Kier alpha value is -7.45. The molecule has 0 unspecified atom stereocenters. The van der Waals surface area contributed by atoms with Crippen LogP contribution in [0.4, 0.5) is 30.7 Å². The molecular weight excluding hydrogens is 681 g/mol. The fourth-order valence-corrected chi connectivity index (χ4v) is 5.11. The molecule has 0 amide bonds. The van der Waals surface area contributed by atoms with Crippen LogP contribution in [-0.4, -0.2) is 15.0 Å². The van der Waals surface area contributed by atoms with Gasteiger partial charge in [-0.3, -0.25) is 0 Å². The van der Waals surface area contributed by atoms with Gasteiger partial charge in [0, 0.05) is 23.3 Å². The van der Waals surface area contributed by atoms with Crippen molar-refractivity contribution in [3.05, 3.63) is 145 Å². The summed E-state index contributed by atoms with van der Waals surface area (Å²) in [5.41, 5.74) is -2.98. The molecule has 0 fully saturated rings. The highest BCUT2D eigenvalue weighted by molar-refractivity contribution is 5.81. The molecule has 3 heterocycles. The van der Waals surface area contributed by atoms with Crippen LogP contribution >= 0.6 is 0 Å². The third-order valence-corrected chi connectivity index (χ3v) is 7.43. The second-order valence-corrected chi connectivity index (χ2v) is 10.4. The van der Waals surface area contributed by atoms with Gasteiger partial charge in [0.2, 0.25) is 5.82 Å². The highest BCUT2D eigenvalue weighted by atomic mass is 19.2. The lowest BCUT2D eigenvalue weighted by atomic mass is 10.0.